The molecular formula is C31H29ClN2O5S. The average molecular weight is 577 g/mol. The Kier molecular flexibility index (Phi) is 8.23. The molecule has 0 radical (unpaired) electrons. The number of benzene rings is 4. The first-order valence-corrected chi connectivity index (χ1v) is 14.7. The van der Waals surface area contributed by atoms with Crippen LogP contribution in [0.5, 0.6) is 0 Å². The lowest BCUT2D eigenvalue weighted by atomic mass is 9.99. The highest BCUT2D eigenvalue weighted by Crippen LogP contribution is 2.38. The van der Waals surface area contributed by atoms with Crippen LogP contribution >= 0.6 is 11.6 Å². The van der Waals surface area contributed by atoms with Gasteiger partial charge >= 0.3 is 0 Å². The van der Waals surface area contributed by atoms with E-state index in [4.69, 9.17) is 15.8 Å². The van der Waals surface area contributed by atoms with Gasteiger partial charge in [0.25, 0.3) is 16.0 Å². The van der Waals surface area contributed by atoms with E-state index >= 15 is 0 Å². The lowest BCUT2D eigenvalue weighted by molar-refractivity contribution is 0.0852. The molecule has 9 heteroatoms. The summed E-state index contributed by atoms with van der Waals surface area (Å²) in [6.07, 6.45) is -0.454. The molecule has 206 valence electrons. The molecule has 2 unspecified atom stereocenters. The molecule has 2 N–H and O–H groups in total. The number of carbonyl (C=O) groups is 1. The van der Waals surface area contributed by atoms with Crippen molar-refractivity contribution in [3.05, 3.63) is 124 Å². The lowest BCUT2D eigenvalue weighted by Gasteiger charge is -2.34. The third-order valence-electron chi connectivity index (χ3n) is 6.90. The van der Waals surface area contributed by atoms with E-state index in [1.54, 1.807) is 36.4 Å². The van der Waals surface area contributed by atoms with Crippen molar-refractivity contribution in [3.8, 4) is 0 Å². The van der Waals surface area contributed by atoms with E-state index in [1.165, 1.54) is 12.1 Å². The van der Waals surface area contributed by atoms with Gasteiger partial charge in [-0.2, -0.15) is 8.42 Å². The van der Waals surface area contributed by atoms with Crippen molar-refractivity contribution < 1.29 is 22.5 Å². The predicted octanol–water partition coefficient (Wildman–Crippen LogP) is 5.77. The van der Waals surface area contributed by atoms with Crippen molar-refractivity contribution >= 4 is 39.0 Å². The van der Waals surface area contributed by atoms with Crippen molar-refractivity contribution in [2.24, 2.45) is 0 Å². The van der Waals surface area contributed by atoms with Crippen LogP contribution in [0, 0.1) is 6.92 Å². The molecule has 0 saturated heterocycles. The maximum absolute atomic E-state index is 12.8. The van der Waals surface area contributed by atoms with E-state index in [1.807, 2.05) is 55.5 Å². The fraction of sp³-hybridized carbons (Fsp3) is 0.194. The summed E-state index contributed by atoms with van der Waals surface area (Å²) in [5.74, 6) is -0.262. The molecule has 1 amide bonds. The number of fused-ring (bicyclic) bond motifs is 1. The molecule has 40 heavy (non-hydrogen) atoms. The molecule has 0 aliphatic carbocycles. The number of halogens is 1. The molecule has 2 atom stereocenters. The van der Waals surface area contributed by atoms with Gasteiger partial charge in [0.15, 0.2) is 0 Å². The Morgan fingerprint density at radius 3 is 2.48 bits per heavy atom. The van der Waals surface area contributed by atoms with E-state index in [-0.39, 0.29) is 10.8 Å². The van der Waals surface area contributed by atoms with Gasteiger partial charge in [-0.15, -0.1) is 0 Å². The minimum absolute atomic E-state index is 0.0421. The summed E-state index contributed by atoms with van der Waals surface area (Å²) in [6, 6.07) is 27.7. The van der Waals surface area contributed by atoms with Crippen molar-refractivity contribution in [2.75, 3.05) is 23.4 Å². The largest absolute Gasteiger partial charge is 0.388 e. The average Bonchev–Trinajstić information content (AvgIpc) is 3.35. The maximum atomic E-state index is 12.8. The molecule has 4 aromatic rings. The van der Waals surface area contributed by atoms with E-state index in [2.05, 4.69) is 10.2 Å². The van der Waals surface area contributed by atoms with Gasteiger partial charge in [-0.3, -0.25) is 8.98 Å². The number of aliphatic hydroxyl groups is 1. The van der Waals surface area contributed by atoms with Crippen molar-refractivity contribution in [1.82, 2.24) is 0 Å². The Hall–Kier alpha value is -3.69. The molecule has 1 aliphatic heterocycles. The molecule has 0 bridgehead atoms. The van der Waals surface area contributed by atoms with Gasteiger partial charge in [0.1, 0.15) is 6.10 Å². The van der Waals surface area contributed by atoms with E-state index < -0.39 is 28.9 Å². The molecule has 0 saturated carbocycles. The highest BCUT2D eigenvalue weighted by molar-refractivity contribution is 7.86. The normalized spacial score (nSPS) is 14.4. The van der Waals surface area contributed by atoms with Gasteiger partial charge in [0.2, 0.25) is 0 Å². The first-order chi connectivity index (χ1) is 19.2. The first-order valence-electron chi connectivity index (χ1n) is 12.9. The minimum atomic E-state index is -4.04. The standard InChI is InChI=1S/C31H29ClN2O5S/c1-21-10-13-27(14-11-21)40(37,38)39-20-29(35)30(22-6-3-2-4-7-22)34-17-16-23-19-26(12-15-28(23)34)33-31(36)24-8-5-9-25(32)18-24/h2-15,18-19,29-30,35H,16-17,20H2,1H3,(H,33,36). The Morgan fingerprint density at radius 1 is 1.00 bits per heavy atom. The van der Waals surface area contributed by atoms with Crippen LogP contribution in [0.3, 0.4) is 0 Å². The predicted molar refractivity (Wildman–Crippen MR) is 156 cm³/mol. The van der Waals surface area contributed by atoms with Gasteiger partial charge in [-0.1, -0.05) is 65.7 Å². The summed E-state index contributed by atoms with van der Waals surface area (Å²) in [5.41, 5.74) is 4.78. The lowest BCUT2D eigenvalue weighted by Crippen LogP contribution is -2.38. The summed E-state index contributed by atoms with van der Waals surface area (Å²) in [4.78, 5) is 14.8. The summed E-state index contributed by atoms with van der Waals surface area (Å²) < 4.78 is 30.9. The maximum Gasteiger partial charge on any atom is 0.297 e. The van der Waals surface area contributed by atoms with Crippen LogP contribution in [-0.2, 0) is 20.7 Å². The molecule has 1 heterocycles. The topological polar surface area (TPSA) is 95.9 Å². The van der Waals surface area contributed by atoms with Crippen LogP contribution < -0.4 is 10.2 Å². The second-order valence-electron chi connectivity index (χ2n) is 9.73. The quantitative estimate of drug-likeness (QED) is 0.246. The summed E-state index contributed by atoms with van der Waals surface area (Å²) in [7, 11) is -4.04. The second kappa shape index (κ2) is 11.8. The molecule has 5 rings (SSSR count). The number of amides is 1. The number of anilines is 2. The SMILES string of the molecule is Cc1ccc(S(=O)(=O)OCC(O)C(c2ccccc2)N2CCc3cc(NC(=O)c4cccc(Cl)c4)ccc32)cc1. The fourth-order valence-electron chi connectivity index (χ4n) is 4.91. The number of rotatable bonds is 9. The van der Waals surface area contributed by atoms with E-state index in [0.717, 1.165) is 22.4 Å². The van der Waals surface area contributed by atoms with Crippen LogP contribution in [0.2, 0.25) is 5.02 Å². The summed E-state index contributed by atoms with van der Waals surface area (Å²) in [6.45, 7) is 2.06. The minimum Gasteiger partial charge on any atom is -0.388 e. The highest BCUT2D eigenvalue weighted by atomic mass is 35.5. The number of carbonyl (C=O) groups excluding carboxylic acids is 1. The Morgan fingerprint density at radius 2 is 1.75 bits per heavy atom. The highest BCUT2D eigenvalue weighted by Gasteiger charge is 2.33. The number of hydrogen-bond acceptors (Lipinski definition) is 6. The van der Waals surface area contributed by atoms with Gasteiger partial charge < -0.3 is 15.3 Å². The van der Waals surface area contributed by atoms with Crippen LogP contribution in [-0.4, -0.2) is 38.7 Å². The number of nitrogens with zero attached hydrogens (tertiary/aromatic N) is 1. The fourth-order valence-corrected chi connectivity index (χ4v) is 6.02. The zero-order valence-corrected chi connectivity index (χ0v) is 23.4. The Labute approximate surface area is 239 Å². The first kappa shape index (κ1) is 27.9. The van der Waals surface area contributed by atoms with E-state index in [9.17, 15) is 18.3 Å². The number of hydrogen-bond donors (Lipinski definition) is 2. The van der Waals surface area contributed by atoms with Crippen molar-refractivity contribution in [1.29, 1.82) is 0 Å². The molecule has 4 aromatic carbocycles. The molecular weight excluding hydrogens is 548 g/mol. The molecule has 0 aromatic heterocycles. The molecule has 0 fully saturated rings. The third kappa shape index (κ3) is 6.21. The smallest absolute Gasteiger partial charge is 0.297 e. The van der Waals surface area contributed by atoms with E-state index in [0.29, 0.717) is 29.2 Å². The number of nitrogens with one attached hydrogen (secondary N) is 1. The van der Waals surface area contributed by atoms with Gasteiger partial charge in [0, 0.05) is 28.5 Å². The molecule has 1 aliphatic rings. The van der Waals surface area contributed by atoms with Gasteiger partial charge in [-0.05, 0) is 73.0 Å². The molecule has 0 spiro atoms. The third-order valence-corrected chi connectivity index (χ3v) is 8.43. The Bertz CT molecular complexity index is 1610. The zero-order valence-electron chi connectivity index (χ0n) is 21.8. The second-order valence-corrected chi connectivity index (χ2v) is 11.8. The zero-order chi connectivity index (χ0) is 28.3. The van der Waals surface area contributed by atoms with Crippen LogP contribution in [0.15, 0.2) is 102 Å². The van der Waals surface area contributed by atoms with Crippen LogP contribution in [0.25, 0.3) is 0 Å². The Balaban J connectivity index is 1.36. The molecule has 7 nitrogen and oxygen atoms in total. The summed E-state index contributed by atoms with van der Waals surface area (Å²) in [5, 5.41) is 14.7. The number of aryl methyl sites for hydroxylation is 1. The van der Waals surface area contributed by atoms with Crippen molar-refractivity contribution in [2.45, 2.75) is 30.4 Å². The van der Waals surface area contributed by atoms with Crippen LogP contribution in [0.4, 0.5) is 11.4 Å². The van der Waals surface area contributed by atoms with Gasteiger partial charge in [-0.25, -0.2) is 0 Å². The van der Waals surface area contributed by atoms with Gasteiger partial charge in [0.05, 0.1) is 17.5 Å². The monoisotopic (exact) mass is 576 g/mol. The van der Waals surface area contributed by atoms with Crippen molar-refractivity contribution in [3.63, 3.8) is 0 Å². The summed E-state index contributed by atoms with van der Waals surface area (Å²) >= 11 is 6.03. The number of aliphatic hydroxyl groups excluding tert-OH is 1. The van der Waals surface area contributed by atoms with Crippen LogP contribution in [0.1, 0.15) is 33.1 Å².